The molecular weight excluding hydrogens is 232 g/mol. The second-order valence-electron chi connectivity index (χ2n) is 2.64. The van der Waals surface area contributed by atoms with Crippen LogP contribution in [0.3, 0.4) is 0 Å². The molecule has 0 atom stereocenters. The van der Waals surface area contributed by atoms with Crippen LogP contribution in [-0.2, 0) is 0 Å². The maximum Gasteiger partial charge on any atom is 0.225 e. The molecule has 0 aromatic carbocycles. The molecule has 1 aromatic rings. The van der Waals surface area contributed by atoms with Crippen LogP contribution >= 0.6 is 23.4 Å². The third-order valence-corrected chi connectivity index (χ3v) is 2.85. The first-order chi connectivity index (χ1) is 7.22. The number of thioether (sulfide) groups is 1. The number of hydrogen-bond acceptors (Lipinski definition) is 5. The van der Waals surface area contributed by atoms with Gasteiger partial charge in [-0.3, -0.25) is 0 Å². The number of nitrogens with one attached hydrogen (secondary N) is 2. The van der Waals surface area contributed by atoms with Gasteiger partial charge in [-0.2, -0.15) is 9.97 Å². The molecule has 0 unspecified atom stereocenters. The van der Waals surface area contributed by atoms with Crippen molar-refractivity contribution in [1.29, 1.82) is 0 Å². The first kappa shape index (κ1) is 12.1. The van der Waals surface area contributed by atoms with E-state index in [4.69, 9.17) is 11.6 Å². The van der Waals surface area contributed by atoms with Gasteiger partial charge in [0.05, 0.1) is 4.90 Å². The second-order valence-corrected chi connectivity index (χ2v) is 3.81. The number of nitrogens with zero attached hydrogens (tertiary/aromatic N) is 2. The van der Waals surface area contributed by atoms with Crippen molar-refractivity contribution in [2.75, 3.05) is 30.5 Å². The summed E-state index contributed by atoms with van der Waals surface area (Å²) in [6.07, 6.45) is 3.70. The van der Waals surface area contributed by atoms with Crippen LogP contribution in [0.1, 0.15) is 0 Å². The Morgan fingerprint density at radius 1 is 1.53 bits per heavy atom. The van der Waals surface area contributed by atoms with Crippen molar-refractivity contribution in [3.8, 4) is 0 Å². The molecule has 1 rings (SSSR count). The van der Waals surface area contributed by atoms with Gasteiger partial charge in [-0.15, -0.1) is 18.3 Å². The number of anilines is 2. The average Bonchev–Trinajstić information content (AvgIpc) is 2.25. The Morgan fingerprint density at radius 2 is 2.27 bits per heavy atom. The van der Waals surface area contributed by atoms with Gasteiger partial charge in [-0.25, -0.2) is 0 Å². The molecule has 0 aliphatic rings. The highest BCUT2D eigenvalue weighted by Gasteiger charge is 2.10. The van der Waals surface area contributed by atoms with Gasteiger partial charge in [0, 0.05) is 13.6 Å². The summed E-state index contributed by atoms with van der Waals surface area (Å²) >= 11 is 7.52. The number of rotatable bonds is 5. The molecule has 0 aliphatic heterocycles. The van der Waals surface area contributed by atoms with Crippen LogP contribution in [0.15, 0.2) is 17.6 Å². The molecule has 0 aliphatic carbocycles. The van der Waals surface area contributed by atoms with Crippen molar-refractivity contribution in [3.05, 3.63) is 17.8 Å². The lowest BCUT2D eigenvalue weighted by atomic mass is 10.5. The van der Waals surface area contributed by atoms with E-state index in [1.54, 1.807) is 13.1 Å². The van der Waals surface area contributed by atoms with E-state index in [0.717, 1.165) is 10.7 Å². The maximum absolute atomic E-state index is 6.01. The monoisotopic (exact) mass is 244 g/mol. The van der Waals surface area contributed by atoms with E-state index in [9.17, 15) is 0 Å². The van der Waals surface area contributed by atoms with Crippen LogP contribution < -0.4 is 10.6 Å². The van der Waals surface area contributed by atoms with Gasteiger partial charge in [-0.1, -0.05) is 17.7 Å². The standard InChI is InChI=1S/C9H13ClN4S/c1-4-5-12-8-6(15-3)7(10)13-9(11-2)14-8/h4H,1,5H2,2-3H3,(H2,11,12,13,14). The highest BCUT2D eigenvalue weighted by molar-refractivity contribution is 7.98. The molecule has 2 N–H and O–H groups in total. The lowest BCUT2D eigenvalue weighted by Gasteiger charge is -2.10. The largest absolute Gasteiger partial charge is 0.365 e. The van der Waals surface area contributed by atoms with Crippen LogP contribution in [0.2, 0.25) is 5.15 Å². The lowest BCUT2D eigenvalue weighted by molar-refractivity contribution is 1.08. The van der Waals surface area contributed by atoms with Crippen molar-refractivity contribution in [2.24, 2.45) is 0 Å². The van der Waals surface area contributed by atoms with E-state index < -0.39 is 0 Å². The molecule has 0 spiro atoms. The Labute approximate surface area is 98.5 Å². The fraction of sp³-hybridized carbons (Fsp3) is 0.333. The van der Waals surface area contributed by atoms with Crippen molar-refractivity contribution in [1.82, 2.24) is 9.97 Å². The first-order valence-corrected chi connectivity index (χ1v) is 5.97. The van der Waals surface area contributed by atoms with E-state index >= 15 is 0 Å². The minimum absolute atomic E-state index is 0.452. The highest BCUT2D eigenvalue weighted by atomic mass is 35.5. The normalized spacial score (nSPS) is 9.80. The van der Waals surface area contributed by atoms with Crippen molar-refractivity contribution in [3.63, 3.8) is 0 Å². The molecule has 4 nitrogen and oxygen atoms in total. The Kier molecular flexibility index (Phi) is 4.71. The fourth-order valence-electron chi connectivity index (χ4n) is 1.00. The fourth-order valence-corrected chi connectivity index (χ4v) is 1.93. The predicted octanol–water partition coefficient (Wildman–Crippen LogP) is 2.49. The smallest absolute Gasteiger partial charge is 0.225 e. The SMILES string of the molecule is C=CCNc1nc(NC)nc(Cl)c1SC. The Hall–Kier alpha value is -0.940. The lowest BCUT2D eigenvalue weighted by Crippen LogP contribution is -2.06. The molecule has 0 bridgehead atoms. The quantitative estimate of drug-likeness (QED) is 0.474. The predicted molar refractivity (Wildman–Crippen MR) is 67.1 cm³/mol. The van der Waals surface area contributed by atoms with Gasteiger partial charge < -0.3 is 10.6 Å². The van der Waals surface area contributed by atoms with E-state index in [1.807, 2.05) is 6.26 Å². The minimum atomic E-state index is 0.452. The molecule has 1 heterocycles. The maximum atomic E-state index is 6.01. The van der Waals surface area contributed by atoms with Crippen LogP contribution in [0.25, 0.3) is 0 Å². The average molecular weight is 245 g/mol. The zero-order valence-corrected chi connectivity index (χ0v) is 10.2. The summed E-state index contributed by atoms with van der Waals surface area (Å²) in [7, 11) is 1.75. The molecular formula is C9H13ClN4S. The van der Waals surface area contributed by atoms with Gasteiger partial charge in [0.15, 0.2) is 0 Å². The molecule has 15 heavy (non-hydrogen) atoms. The Bertz CT molecular complexity index is 356. The van der Waals surface area contributed by atoms with E-state index in [0.29, 0.717) is 17.6 Å². The summed E-state index contributed by atoms with van der Waals surface area (Å²) < 4.78 is 0. The highest BCUT2D eigenvalue weighted by Crippen LogP contribution is 2.30. The summed E-state index contributed by atoms with van der Waals surface area (Å²) in [5, 5.41) is 6.42. The number of halogens is 1. The van der Waals surface area contributed by atoms with E-state index in [1.165, 1.54) is 11.8 Å². The third kappa shape index (κ3) is 3.00. The summed E-state index contributed by atoms with van der Waals surface area (Å²) in [5.41, 5.74) is 0. The molecule has 6 heteroatoms. The molecule has 0 fully saturated rings. The van der Waals surface area contributed by atoms with Gasteiger partial charge >= 0.3 is 0 Å². The minimum Gasteiger partial charge on any atom is -0.365 e. The van der Waals surface area contributed by atoms with Gasteiger partial charge in [-0.05, 0) is 6.26 Å². The van der Waals surface area contributed by atoms with Gasteiger partial charge in [0.25, 0.3) is 0 Å². The van der Waals surface area contributed by atoms with Crippen molar-refractivity contribution in [2.45, 2.75) is 4.90 Å². The van der Waals surface area contributed by atoms with E-state index in [-0.39, 0.29) is 0 Å². The molecule has 0 saturated heterocycles. The van der Waals surface area contributed by atoms with Gasteiger partial charge in [0.1, 0.15) is 11.0 Å². The second kappa shape index (κ2) is 5.82. The summed E-state index contributed by atoms with van der Waals surface area (Å²) in [5.74, 6) is 1.23. The van der Waals surface area contributed by atoms with E-state index in [2.05, 4.69) is 27.2 Å². The zero-order chi connectivity index (χ0) is 11.3. The van der Waals surface area contributed by atoms with Crippen molar-refractivity contribution >= 4 is 35.1 Å². The Morgan fingerprint density at radius 3 is 2.80 bits per heavy atom. The molecule has 1 aromatic heterocycles. The molecule has 0 saturated carbocycles. The summed E-state index contributed by atoms with van der Waals surface area (Å²) in [4.78, 5) is 9.21. The first-order valence-electron chi connectivity index (χ1n) is 4.37. The molecule has 0 radical (unpaired) electrons. The van der Waals surface area contributed by atoms with Gasteiger partial charge in [0.2, 0.25) is 5.95 Å². The molecule has 0 amide bonds. The number of aromatic nitrogens is 2. The van der Waals surface area contributed by atoms with Crippen LogP contribution in [0.5, 0.6) is 0 Å². The number of hydrogen-bond donors (Lipinski definition) is 2. The van der Waals surface area contributed by atoms with Crippen molar-refractivity contribution < 1.29 is 0 Å². The van der Waals surface area contributed by atoms with Crippen LogP contribution in [-0.4, -0.2) is 29.8 Å². The summed E-state index contributed by atoms with van der Waals surface area (Å²) in [6.45, 7) is 4.28. The zero-order valence-electron chi connectivity index (χ0n) is 8.67. The molecule has 82 valence electrons. The summed E-state index contributed by atoms with van der Waals surface area (Å²) in [6, 6.07) is 0. The van der Waals surface area contributed by atoms with Crippen LogP contribution in [0, 0.1) is 0 Å². The topological polar surface area (TPSA) is 49.8 Å². The Balaban J connectivity index is 3.07. The third-order valence-electron chi connectivity index (χ3n) is 1.67. The van der Waals surface area contributed by atoms with Crippen LogP contribution in [0.4, 0.5) is 11.8 Å².